The largest absolute Gasteiger partial charge is 0.396 e. The predicted octanol–water partition coefficient (Wildman–Crippen LogP) is 3.51. The Hall–Kier alpha value is -0.930. The summed E-state index contributed by atoms with van der Waals surface area (Å²) in [4.78, 5) is 11.8. The maximum absolute atomic E-state index is 11.8. The average molecular weight is 344 g/mol. The third kappa shape index (κ3) is 2.35. The lowest BCUT2D eigenvalue weighted by Crippen LogP contribution is -2.56. The van der Waals surface area contributed by atoms with Crippen molar-refractivity contribution in [3.05, 3.63) is 23.8 Å². The highest BCUT2D eigenvalue weighted by Crippen LogP contribution is 2.66. The highest BCUT2D eigenvalue weighted by molar-refractivity contribution is 6.01. The van der Waals surface area contributed by atoms with Gasteiger partial charge in [-0.25, -0.2) is 0 Å². The predicted molar refractivity (Wildman–Crippen MR) is 97.7 cm³/mol. The zero-order valence-electron chi connectivity index (χ0n) is 15.7. The number of hydrogen-bond donors (Lipinski definition) is 2. The molecule has 2 N–H and O–H groups in total. The van der Waals surface area contributed by atoms with E-state index in [0.29, 0.717) is 23.7 Å². The fourth-order valence-electron chi connectivity index (χ4n) is 7.43. The van der Waals surface area contributed by atoms with E-state index in [0.717, 1.165) is 19.3 Å². The van der Waals surface area contributed by atoms with Crippen molar-refractivity contribution in [2.24, 2.45) is 40.4 Å². The molecular formula is C22H32O3. The Bertz CT molecular complexity index is 635. The molecule has 0 saturated heterocycles. The summed E-state index contributed by atoms with van der Waals surface area (Å²) in [6.07, 6.45) is 10.6. The van der Waals surface area contributed by atoms with Gasteiger partial charge in [0, 0.05) is 17.9 Å². The van der Waals surface area contributed by atoms with Gasteiger partial charge in [-0.05, 0) is 73.3 Å². The van der Waals surface area contributed by atoms with Crippen LogP contribution in [0.4, 0.5) is 0 Å². The van der Waals surface area contributed by atoms with Crippen molar-refractivity contribution in [1.29, 1.82) is 0 Å². The van der Waals surface area contributed by atoms with Gasteiger partial charge >= 0.3 is 0 Å². The van der Waals surface area contributed by atoms with Gasteiger partial charge in [0.25, 0.3) is 0 Å². The van der Waals surface area contributed by atoms with E-state index in [4.69, 9.17) is 0 Å². The van der Waals surface area contributed by atoms with Gasteiger partial charge in [-0.3, -0.25) is 4.79 Å². The zero-order chi connectivity index (χ0) is 18.0. The van der Waals surface area contributed by atoms with Crippen LogP contribution < -0.4 is 0 Å². The molecule has 4 rings (SSSR count). The summed E-state index contributed by atoms with van der Waals surface area (Å²) in [5.41, 5.74) is 1.19. The molecule has 138 valence electrons. The molecule has 0 spiro atoms. The van der Waals surface area contributed by atoms with E-state index in [-0.39, 0.29) is 35.2 Å². The number of allylic oxidation sites excluding steroid dienone is 4. The summed E-state index contributed by atoms with van der Waals surface area (Å²) in [6.45, 7) is 7.00. The van der Waals surface area contributed by atoms with Crippen LogP contribution in [0.15, 0.2) is 23.8 Å². The Kier molecular flexibility index (Phi) is 4.05. The quantitative estimate of drug-likeness (QED) is 0.806. The van der Waals surface area contributed by atoms with Crippen LogP contribution in [0.2, 0.25) is 0 Å². The van der Waals surface area contributed by atoms with E-state index < -0.39 is 0 Å². The summed E-state index contributed by atoms with van der Waals surface area (Å²) in [6, 6.07) is 0. The maximum atomic E-state index is 11.8. The smallest absolute Gasteiger partial charge is 0.178 e. The van der Waals surface area contributed by atoms with Gasteiger partial charge in [-0.1, -0.05) is 32.4 Å². The van der Waals surface area contributed by atoms with E-state index in [1.54, 1.807) is 6.08 Å². The first-order chi connectivity index (χ1) is 11.8. The van der Waals surface area contributed by atoms with Crippen LogP contribution in [0.5, 0.6) is 0 Å². The summed E-state index contributed by atoms with van der Waals surface area (Å²) < 4.78 is 0. The average Bonchev–Trinajstić information content (AvgIpc) is 2.91. The fraction of sp³-hybridized carbons (Fsp3) is 0.773. The van der Waals surface area contributed by atoms with Crippen molar-refractivity contribution in [3.63, 3.8) is 0 Å². The van der Waals surface area contributed by atoms with E-state index in [2.05, 4.69) is 26.8 Å². The summed E-state index contributed by atoms with van der Waals surface area (Å²) in [5, 5.41) is 21.0. The number of aliphatic hydroxyl groups excluding tert-OH is 2. The normalized spacial score (nSPS) is 49.9. The first-order valence-electron chi connectivity index (χ1n) is 10.0. The van der Waals surface area contributed by atoms with Crippen LogP contribution in [0.25, 0.3) is 0 Å². The lowest BCUT2D eigenvalue weighted by molar-refractivity contribution is -0.123. The molecule has 8 atom stereocenters. The first-order valence-corrected chi connectivity index (χ1v) is 10.0. The molecule has 25 heavy (non-hydrogen) atoms. The second-order valence-corrected chi connectivity index (χ2v) is 9.64. The first kappa shape index (κ1) is 17.5. The molecule has 4 aliphatic carbocycles. The number of ketones is 1. The molecule has 3 fully saturated rings. The molecule has 0 heterocycles. The van der Waals surface area contributed by atoms with Crippen molar-refractivity contribution in [1.82, 2.24) is 0 Å². The lowest BCUT2D eigenvalue weighted by atomic mass is 9.46. The summed E-state index contributed by atoms with van der Waals surface area (Å²) in [7, 11) is 0. The third-order valence-electron chi connectivity index (χ3n) is 8.54. The standard InChI is InChI=1S/C22H32O3/c1-13(12-23)17-6-7-18-16-5-4-14-10-15(24)8-9-21(14,2)20(16)19(25)11-22(17,18)3/h8-10,13,16-20,23,25H,4-7,11-12H2,1-3H3/t13-,16+,17-,18+,19+,20-,21+,22-/m1/s1. The monoisotopic (exact) mass is 344 g/mol. The van der Waals surface area contributed by atoms with Crippen molar-refractivity contribution < 1.29 is 15.0 Å². The molecule has 4 aliphatic rings. The molecule has 0 bridgehead atoms. The Balaban J connectivity index is 1.70. The summed E-state index contributed by atoms with van der Waals surface area (Å²) in [5.74, 6) is 2.28. The fourth-order valence-corrected chi connectivity index (χ4v) is 7.43. The van der Waals surface area contributed by atoms with Crippen molar-refractivity contribution in [3.8, 4) is 0 Å². The number of fused-ring (bicyclic) bond motifs is 5. The van der Waals surface area contributed by atoms with Crippen LogP contribution in [0.3, 0.4) is 0 Å². The minimum atomic E-state index is -0.329. The maximum Gasteiger partial charge on any atom is 0.178 e. The van der Waals surface area contributed by atoms with Crippen molar-refractivity contribution in [2.75, 3.05) is 6.61 Å². The van der Waals surface area contributed by atoms with E-state index in [1.165, 1.54) is 18.4 Å². The van der Waals surface area contributed by atoms with Gasteiger partial charge < -0.3 is 10.2 Å². The van der Waals surface area contributed by atoms with Gasteiger partial charge in [0.05, 0.1) is 6.10 Å². The highest BCUT2D eigenvalue weighted by atomic mass is 16.3. The second-order valence-electron chi connectivity index (χ2n) is 9.64. The highest BCUT2D eigenvalue weighted by Gasteiger charge is 2.61. The number of aliphatic hydroxyl groups is 2. The van der Waals surface area contributed by atoms with Crippen molar-refractivity contribution >= 4 is 5.78 Å². The molecule has 0 aromatic heterocycles. The van der Waals surface area contributed by atoms with E-state index >= 15 is 0 Å². The second kappa shape index (κ2) is 5.79. The number of carbonyl (C=O) groups excluding carboxylic acids is 1. The Labute approximate surface area is 151 Å². The van der Waals surface area contributed by atoms with Crippen molar-refractivity contribution in [2.45, 2.75) is 59.0 Å². The minimum absolute atomic E-state index is 0.0961. The Morgan fingerprint density at radius 1 is 1.28 bits per heavy atom. The van der Waals surface area contributed by atoms with Gasteiger partial charge in [0.1, 0.15) is 0 Å². The molecular weight excluding hydrogens is 312 g/mol. The lowest BCUT2D eigenvalue weighted by Gasteiger charge is -2.59. The molecule has 0 aromatic rings. The molecule has 0 unspecified atom stereocenters. The van der Waals surface area contributed by atoms with Gasteiger partial charge in [0.2, 0.25) is 0 Å². The molecule has 0 amide bonds. The molecule has 3 saturated carbocycles. The zero-order valence-corrected chi connectivity index (χ0v) is 15.7. The topological polar surface area (TPSA) is 57.5 Å². The van der Waals surface area contributed by atoms with Gasteiger partial charge in [-0.15, -0.1) is 0 Å². The molecule has 0 radical (unpaired) electrons. The van der Waals surface area contributed by atoms with Gasteiger partial charge in [-0.2, -0.15) is 0 Å². The molecule has 0 aliphatic heterocycles. The summed E-state index contributed by atoms with van der Waals surface area (Å²) >= 11 is 0. The number of hydrogen-bond acceptors (Lipinski definition) is 3. The Morgan fingerprint density at radius 2 is 2.04 bits per heavy atom. The van der Waals surface area contributed by atoms with Crippen LogP contribution in [-0.2, 0) is 4.79 Å². The molecule has 0 aromatic carbocycles. The molecule has 3 heteroatoms. The van der Waals surface area contributed by atoms with Crippen LogP contribution in [-0.4, -0.2) is 28.7 Å². The van der Waals surface area contributed by atoms with Crippen LogP contribution in [0, 0.1) is 40.4 Å². The SMILES string of the molecule is C[C@H](CO)[C@H]1CC[C@H]2[C@@H]3CCC4=CC(=O)C=C[C@]4(C)[C@H]3[C@@H](O)C[C@]12C. The van der Waals surface area contributed by atoms with Gasteiger partial charge in [0.15, 0.2) is 5.78 Å². The van der Waals surface area contributed by atoms with E-state index in [1.807, 2.05) is 6.08 Å². The van der Waals surface area contributed by atoms with Crippen LogP contribution in [0.1, 0.15) is 52.9 Å². The molecule has 3 nitrogen and oxygen atoms in total. The Morgan fingerprint density at radius 3 is 2.76 bits per heavy atom. The number of rotatable bonds is 2. The van der Waals surface area contributed by atoms with E-state index in [9.17, 15) is 15.0 Å². The third-order valence-corrected chi connectivity index (χ3v) is 8.54. The minimum Gasteiger partial charge on any atom is -0.396 e. The van der Waals surface area contributed by atoms with Crippen LogP contribution >= 0.6 is 0 Å². The number of carbonyl (C=O) groups is 1.